The average molecular weight is 340 g/mol. The molecule has 128 valence electrons. The Kier molecular flexibility index (Phi) is 7.18. The van der Waals surface area contributed by atoms with Gasteiger partial charge in [0.05, 0.1) is 6.10 Å². The maximum Gasteiger partial charge on any atom is 0.257 e. The SMILES string of the molecule is CC(O)CCNC(=O)COc1ccc(Cl)cc1C1CCCCC1. The topological polar surface area (TPSA) is 58.6 Å². The quantitative estimate of drug-likeness (QED) is 0.797. The highest BCUT2D eigenvalue weighted by molar-refractivity contribution is 6.30. The molecule has 1 amide bonds. The van der Waals surface area contributed by atoms with Gasteiger partial charge in [0.25, 0.3) is 5.91 Å². The molecule has 0 aromatic heterocycles. The number of benzene rings is 1. The zero-order valence-electron chi connectivity index (χ0n) is 13.7. The highest BCUT2D eigenvalue weighted by Gasteiger charge is 2.20. The molecule has 1 atom stereocenters. The van der Waals surface area contributed by atoms with Crippen LogP contribution in [0, 0.1) is 0 Å². The van der Waals surface area contributed by atoms with Crippen LogP contribution in [-0.2, 0) is 4.79 Å². The summed E-state index contributed by atoms with van der Waals surface area (Å²) in [6.07, 6.45) is 6.19. The summed E-state index contributed by atoms with van der Waals surface area (Å²) in [5.74, 6) is 1.05. The number of rotatable bonds is 7. The second kappa shape index (κ2) is 9.14. The molecule has 1 aliphatic carbocycles. The third-order valence-corrected chi connectivity index (χ3v) is 4.49. The fourth-order valence-electron chi connectivity index (χ4n) is 3.00. The van der Waals surface area contributed by atoms with Crippen molar-refractivity contribution in [3.8, 4) is 5.75 Å². The van der Waals surface area contributed by atoms with Crippen molar-refractivity contribution >= 4 is 17.5 Å². The lowest BCUT2D eigenvalue weighted by molar-refractivity contribution is -0.123. The van der Waals surface area contributed by atoms with Gasteiger partial charge in [0.2, 0.25) is 0 Å². The van der Waals surface area contributed by atoms with E-state index in [1.807, 2.05) is 12.1 Å². The van der Waals surface area contributed by atoms with Crippen LogP contribution in [0.3, 0.4) is 0 Å². The van der Waals surface area contributed by atoms with Gasteiger partial charge in [-0.2, -0.15) is 0 Å². The van der Waals surface area contributed by atoms with Crippen LogP contribution >= 0.6 is 11.6 Å². The standard InChI is InChI=1S/C18H26ClNO3/c1-13(21)9-10-20-18(22)12-23-17-8-7-15(19)11-16(17)14-5-3-2-4-6-14/h7-8,11,13-14,21H,2-6,9-10,12H2,1H3,(H,20,22). The Hall–Kier alpha value is -1.26. The molecule has 1 saturated carbocycles. The van der Waals surface area contributed by atoms with Gasteiger partial charge in [-0.05, 0) is 55.9 Å². The van der Waals surface area contributed by atoms with E-state index in [1.54, 1.807) is 13.0 Å². The van der Waals surface area contributed by atoms with Crippen LogP contribution in [-0.4, -0.2) is 30.3 Å². The van der Waals surface area contributed by atoms with Crippen LogP contribution in [0.4, 0.5) is 0 Å². The molecule has 5 heteroatoms. The molecule has 0 spiro atoms. The van der Waals surface area contributed by atoms with Crippen LogP contribution in [0.2, 0.25) is 5.02 Å². The van der Waals surface area contributed by atoms with E-state index in [2.05, 4.69) is 5.32 Å². The Bertz CT molecular complexity index is 513. The second-order valence-corrected chi connectivity index (χ2v) is 6.73. The van der Waals surface area contributed by atoms with Crippen LogP contribution in [0.15, 0.2) is 18.2 Å². The van der Waals surface area contributed by atoms with E-state index in [1.165, 1.54) is 19.3 Å². The van der Waals surface area contributed by atoms with Crippen molar-refractivity contribution in [3.05, 3.63) is 28.8 Å². The Balaban J connectivity index is 1.92. The van der Waals surface area contributed by atoms with E-state index < -0.39 is 6.10 Å². The molecule has 23 heavy (non-hydrogen) atoms. The molecule has 0 bridgehead atoms. The molecule has 0 saturated heterocycles. The fraction of sp³-hybridized carbons (Fsp3) is 0.611. The lowest BCUT2D eigenvalue weighted by atomic mass is 9.84. The van der Waals surface area contributed by atoms with Crippen molar-refractivity contribution in [1.82, 2.24) is 5.32 Å². The second-order valence-electron chi connectivity index (χ2n) is 6.29. The summed E-state index contributed by atoms with van der Waals surface area (Å²) in [6, 6.07) is 5.63. The number of hydrogen-bond acceptors (Lipinski definition) is 3. The van der Waals surface area contributed by atoms with Crippen molar-refractivity contribution in [2.45, 2.75) is 57.5 Å². The zero-order chi connectivity index (χ0) is 16.7. The van der Waals surface area contributed by atoms with Crippen LogP contribution in [0.1, 0.15) is 56.9 Å². The molecule has 1 aromatic rings. The first-order valence-electron chi connectivity index (χ1n) is 8.43. The highest BCUT2D eigenvalue weighted by Crippen LogP contribution is 2.38. The molecular formula is C18H26ClNO3. The fourth-order valence-corrected chi connectivity index (χ4v) is 3.18. The summed E-state index contributed by atoms with van der Waals surface area (Å²) < 4.78 is 5.73. The summed E-state index contributed by atoms with van der Waals surface area (Å²) in [7, 11) is 0. The summed E-state index contributed by atoms with van der Waals surface area (Å²) in [6.45, 7) is 2.14. The average Bonchev–Trinajstić information content (AvgIpc) is 2.54. The van der Waals surface area contributed by atoms with E-state index in [-0.39, 0.29) is 12.5 Å². The predicted octanol–water partition coefficient (Wildman–Crippen LogP) is 3.65. The van der Waals surface area contributed by atoms with Crippen LogP contribution in [0.5, 0.6) is 5.75 Å². The third-order valence-electron chi connectivity index (χ3n) is 4.26. The number of amides is 1. The van der Waals surface area contributed by atoms with Crippen LogP contribution < -0.4 is 10.1 Å². The summed E-state index contributed by atoms with van der Waals surface area (Å²) >= 11 is 6.14. The number of carbonyl (C=O) groups is 1. The molecule has 1 aromatic carbocycles. The molecule has 0 heterocycles. The number of ether oxygens (including phenoxy) is 1. The summed E-state index contributed by atoms with van der Waals surface area (Å²) in [4.78, 5) is 11.8. The Labute approximate surface area is 143 Å². The van der Waals surface area contributed by atoms with Gasteiger partial charge in [0.1, 0.15) is 5.75 Å². The number of aliphatic hydroxyl groups excluding tert-OH is 1. The minimum absolute atomic E-state index is 0.0127. The molecule has 1 unspecified atom stereocenters. The molecule has 2 N–H and O–H groups in total. The van der Waals surface area contributed by atoms with Gasteiger partial charge in [0, 0.05) is 11.6 Å². The Morgan fingerprint density at radius 1 is 1.39 bits per heavy atom. The number of nitrogens with one attached hydrogen (secondary N) is 1. The maximum atomic E-state index is 11.8. The van der Waals surface area contributed by atoms with Crippen molar-refractivity contribution in [2.75, 3.05) is 13.2 Å². The third kappa shape index (κ3) is 6.04. The van der Waals surface area contributed by atoms with E-state index in [0.29, 0.717) is 23.9 Å². The zero-order valence-corrected chi connectivity index (χ0v) is 14.4. The summed E-state index contributed by atoms with van der Waals surface area (Å²) in [5, 5.41) is 12.6. The Morgan fingerprint density at radius 2 is 2.13 bits per heavy atom. The van der Waals surface area contributed by atoms with E-state index in [4.69, 9.17) is 16.3 Å². The molecule has 0 radical (unpaired) electrons. The largest absolute Gasteiger partial charge is 0.483 e. The predicted molar refractivity (Wildman–Crippen MR) is 92.1 cm³/mol. The van der Waals surface area contributed by atoms with Crippen LogP contribution in [0.25, 0.3) is 0 Å². The minimum atomic E-state index is -0.412. The monoisotopic (exact) mass is 339 g/mol. The lowest BCUT2D eigenvalue weighted by Crippen LogP contribution is -2.31. The number of carbonyl (C=O) groups excluding carboxylic acids is 1. The first kappa shape index (κ1) is 18.1. The van der Waals surface area contributed by atoms with Crippen molar-refractivity contribution in [1.29, 1.82) is 0 Å². The van der Waals surface area contributed by atoms with Gasteiger partial charge >= 0.3 is 0 Å². The van der Waals surface area contributed by atoms with Gasteiger partial charge in [-0.15, -0.1) is 0 Å². The van der Waals surface area contributed by atoms with Crippen molar-refractivity contribution < 1.29 is 14.6 Å². The van der Waals surface area contributed by atoms with Gasteiger partial charge in [0.15, 0.2) is 6.61 Å². The number of hydrogen-bond donors (Lipinski definition) is 2. The molecule has 1 aliphatic rings. The summed E-state index contributed by atoms with van der Waals surface area (Å²) in [5.41, 5.74) is 1.12. The molecule has 2 rings (SSSR count). The molecule has 1 fully saturated rings. The highest BCUT2D eigenvalue weighted by atomic mass is 35.5. The molecule has 0 aliphatic heterocycles. The van der Waals surface area contributed by atoms with Gasteiger partial charge < -0.3 is 15.2 Å². The Morgan fingerprint density at radius 3 is 2.83 bits per heavy atom. The van der Waals surface area contributed by atoms with E-state index in [0.717, 1.165) is 24.2 Å². The molecule has 4 nitrogen and oxygen atoms in total. The normalized spacial score (nSPS) is 16.8. The van der Waals surface area contributed by atoms with Gasteiger partial charge in [-0.1, -0.05) is 30.9 Å². The minimum Gasteiger partial charge on any atom is -0.483 e. The van der Waals surface area contributed by atoms with Crippen molar-refractivity contribution in [3.63, 3.8) is 0 Å². The van der Waals surface area contributed by atoms with E-state index in [9.17, 15) is 9.90 Å². The molecular weight excluding hydrogens is 314 g/mol. The van der Waals surface area contributed by atoms with Gasteiger partial charge in [-0.3, -0.25) is 4.79 Å². The number of halogens is 1. The number of aliphatic hydroxyl groups is 1. The first-order chi connectivity index (χ1) is 11.1. The first-order valence-corrected chi connectivity index (χ1v) is 8.81. The van der Waals surface area contributed by atoms with Gasteiger partial charge in [-0.25, -0.2) is 0 Å². The van der Waals surface area contributed by atoms with E-state index >= 15 is 0 Å². The lowest BCUT2D eigenvalue weighted by Gasteiger charge is -2.24. The van der Waals surface area contributed by atoms with Crippen molar-refractivity contribution in [2.24, 2.45) is 0 Å². The maximum absolute atomic E-state index is 11.8. The smallest absolute Gasteiger partial charge is 0.257 e.